The maximum Gasteiger partial charge on any atom is 1.00 e. The second kappa shape index (κ2) is 11.0. The molecule has 31 heavy (non-hydrogen) atoms. The van der Waals surface area contributed by atoms with Gasteiger partial charge in [-0.15, -0.1) is 5.11 Å². The zero-order chi connectivity index (χ0) is 21.6. The van der Waals surface area contributed by atoms with Gasteiger partial charge >= 0.3 is 103 Å². The van der Waals surface area contributed by atoms with Crippen molar-refractivity contribution in [2.75, 3.05) is 11.5 Å². The topological polar surface area (TPSA) is 211 Å². The first-order valence-corrected chi connectivity index (χ1v) is 10.5. The van der Waals surface area contributed by atoms with Gasteiger partial charge in [0.2, 0.25) is 0 Å². The molecular formula is C16H12K2N4O7S2. The van der Waals surface area contributed by atoms with Crippen LogP contribution in [0.4, 0.5) is 22.7 Å². The van der Waals surface area contributed by atoms with Crippen molar-refractivity contribution in [3.63, 3.8) is 0 Å². The van der Waals surface area contributed by atoms with Crippen LogP contribution in [0.5, 0.6) is 5.75 Å². The molecule has 3 rings (SSSR count). The summed E-state index contributed by atoms with van der Waals surface area (Å²) < 4.78 is 66.7. The Kier molecular flexibility index (Phi) is 10.3. The molecule has 0 saturated heterocycles. The third-order valence-corrected chi connectivity index (χ3v) is 5.54. The summed E-state index contributed by atoms with van der Waals surface area (Å²) in [6.45, 7) is 0. The summed E-state index contributed by atoms with van der Waals surface area (Å²) in [5.74, 6) is -1.03. The van der Waals surface area contributed by atoms with Crippen LogP contribution in [0.3, 0.4) is 0 Å². The normalized spacial score (nSPS) is 11.8. The molecule has 0 amide bonds. The Bertz CT molecular complexity index is 1380. The van der Waals surface area contributed by atoms with Gasteiger partial charge in [-0.2, -0.15) is 13.5 Å². The Hall–Kier alpha value is 0.0127. The van der Waals surface area contributed by atoms with Gasteiger partial charge in [-0.1, -0.05) is 5.75 Å². The second-order valence-corrected chi connectivity index (χ2v) is 8.65. The van der Waals surface area contributed by atoms with Gasteiger partial charge in [-0.05, 0) is 53.2 Å². The van der Waals surface area contributed by atoms with E-state index in [0.29, 0.717) is 5.69 Å². The van der Waals surface area contributed by atoms with Crippen molar-refractivity contribution < 1.29 is 134 Å². The fourth-order valence-electron chi connectivity index (χ4n) is 2.56. The van der Waals surface area contributed by atoms with E-state index < -0.39 is 41.5 Å². The van der Waals surface area contributed by atoms with Crippen molar-refractivity contribution in [3.8, 4) is 5.75 Å². The Morgan fingerprint density at radius 1 is 0.903 bits per heavy atom. The Balaban J connectivity index is 0.00000240. The van der Waals surface area contributed by atoms with E-state index in [1.807, 2.05) is 0 Å². The molecule has 0 aromatic heterocycles. The molecule has 0 heterocycles. The van der Waals surface area contributed by atoms with Gasteiger partial charge in [-0.3, -0.25) is 4.55 Å². The van der Waals surface area contributed by atoms with Crippen LogP contribution in [0.1, 0.15) is 0 Å². The van der Waals surface area contributed by atoms with E-state index in [1.165, 1.54) is 24.3 Å². The third kappa shape index (κ3) is 6.76. The molecule has 5 N–H and O–H groups in total. The second-order valence-electron chi connectivity index (χ2n) is 5.88. The molecule has 0 atom stereocenters. The van der Waals surface area contributed by atoms with E-state index in [-0.39, 0.29) is 125 Å². The van der Waals surface area contributed by atoms with Crippen molar-refractivity contribution >= 4 is 53.8 Å². The number of benzene rings is 3. The molecule has 11 nitrogen and oxygen atoms in total. The minimum absolute atomic E-state index is 0. The predicted octanol–water partition coefficient (Wildman–Crippen LogP) is -4.35. The molecule has 0 radical (unpaired) electrons. The van der Waals surface area contributed by atoms with Crippen LogP contribution < -0.4 is 119 Å². The fraction of sp³-hybridized carbons (Fsp3) is 0. The zero-order valence-electron chi connectivity index (χ0n) is 16.3. The van der Waals surface area contributed by atoms with Gasteiger partial charge in [0.25, 0.3) is 10.1 Å². The van der Waals surface area contributed by atoms with Crippen molar-refractivity contribution in [2.45, 2.75) is 9.79 Å². The van der Waals surface area contributed by atoms with Crippen LogP contribution in [0.2, 0.25) is 0 Å². The van der Waals surface area contributed by atoms with Gasteiger partial charge in [0.1, 0.15) is 15.0 Å². The molecule has 0 bridgehead atoms. The van der Waals surface area contributed by atoms with Crippen LogP contribution in [0.25, 0.3) is 10.8 Å². The average molecular weight is 515 g/mol. The van der Waals surface area contributed by atoms with Crippen LogP contribution >= 0.6 is 0 Å². The molecule has 0 unspecified atom stereocenters. The number of hydrogen-bond acceptors (Lipinski definition) is 10. The summed E-state index contributed by atoms with van der Waals surface area (Å²) in [4.78, 5) is -1.69. The molecule has 3 aromatic rings. The summed E-state index contributed by atoms with van der Waals surface area (Å²) in [5, 5.41) is 19.6. The molecule has 0 spiro atoms. The Labute approximate surface area is 262 Å². The maximum absolute atomic E-state index is 12.8. The molecular weight excluding hydrogens is 503 g/mol. The van der Waals surface area contributed by atoms with Crippen molar-refractivity contribution in [1.82, 2.24) is 0 Å². The summed E-state index contributed by atoms with van der Waals surface area (Å²) in [7, 11) is -9.90. The number of hydrogen-bond donors (Lipinski definition) is 3. The third-order valence-electron chi connectivity index (χ3n) is 3.86. The number of nitrogens with zero attached hydrogens (tertiary/aromatic N) is 2. The smallest absolute Gasteiger partial charge is 0.870 e. The van der Waals surface area contributed by atoms with Crippen LogP contribution in [0.15, 0.2) is 62.5 Å². The summed E-state index contributed by atoms with van der Waals surface area (Å²) in [6, 6.07) is 8.26. The number of nitrogens with two attached hydrogens (primary N) is 2. The number of nitrogen functional groups attached to an aromatic ring is 2. The van der Waals surface area contributed by atoms with E-state index >= 15 is 0 Å². The summed E-state index contributed by atoms with van der Waals surface area (Å²) in [5.41, 5.74) is 10.8. The van der Waals surface area contributed by atoms with Crippen LogP contribution in [-0.2, 0) is 20.2 Å². The number of anilines is 2. The number of fused-ring (bicyclic) bond motifs is 1. The van der Waals surface area contributed by atoms with Crippen molar-refractivity contribution in [3.05, 3.63) is 42.5 Å². The summed E-state index contributed by atoms with van der Waals surface area (Å²) in [6.07, 6.45) is 0. The van der Waals surface area contributed by atoms with Gasteiger partial charge in [0.05, 0.1) is 16.3 Å². The first-order valence-electron chi connectivity index (χ1n) is 7.66. The number of azo groups is 1. The van der Waals surface area contributed by atoms with Gasteiger partial charge in [0.15, 0.2) is 0 Å². The number of rotatable bonds is 4. The molecule has 0 aliphatic rings. The van der Waals surface area contributed by atoms with Gasteiger partial charge < -0.3 is 21.1 Å². The molecule has 0 saturated carbocycles. The summed E-state index contributed by atoms with van der Waals surface area (Å²) >= 11 is 0. The zero-order valence-corrected chi connectivity index (χ0v) is 24.2. The molecule has 152 valence electrons. The molecule has 0 aliphatic heterocycles. The van der Waals surface area contributed by atoms with Crippen LogP contribution in [-0.4, -0.2) is 25.9 Å². The minimum Gasteiger partial charge on any atom is -0.870 e. The average Bonchev–Trinajstić information content (AvgIpc) is 2.60. The quantitative estimate of drug-likeness (QED) is 0.133. The van der Waals surface area contributed by atoms with Gasteiger partial charge in [0, 0.05) is 11.4 Å². The van der Waals surface area contributed by atoms with E-state index in [4.69, 9.17) is 11.5 Å². The molecule has 15 heteroatoms. The van der Waals surface area contributed by atoms with Gasteiger partial charge in [-0.25, -0.2) is 8.42 Å². The van der Waals surface area contributed by atoms with Crippen molar-refractivity contribution in [1.29, 1.82) is 0 Å². The van der Waals surface area contributed by atoms with E-state index in [0.717, 1.165) is 18.2 Å². The van der Waals surface area contributed by atoms with E-state index in [2.05, 4.69) is 10.2 Å². The Morgan fingerprint density at radius 2 is 1.48 bits per heavy atom. The Morgan fingerprint density at radius 3 is 2.00 bits per heavy atom. The SMILES string of the molecule is Nc1ccc(N=Nc2c(S(=O)(=O)O)cc3cc(S(=O)(=O)[O-])cc(N)c3c2[O-])cc1.[K+].[K+]. The van der Waals surface area contributed by atoms with Crippen molar-refractivity contribution in [2.24, 2.45) is 10.2 Å². The van der Waals surface area contributed by atoms with E-state index in [1.54, 1.807) is 0 Å². The molecule has 0 fully saturated rings. The monoisotopic (exact) mass is 514 g/mol. The first kappa shape index (κ1) is 29.0. The first-order chi connectivity index (χ1) is 13.4. The molecule has 3 aromatic carbocycles. The maximum atomic E-state index is 12.8. The standard InChI is InChI=1S/C16H14N4O7S2.2K/c17-9-1-3-10(4-2-9)19-20-15-13(29(25,26)27)6-8-5-11(28(22,23)24)7-12(18)14(8)16(15)21;;/h1-7,21H,17-18H2,(H,22,23,24)(H,25,26,27);;/q;2*+1/p-2. The van der Waals surface area contributed by atoms with E-state index in [9.17, 15) is 31.0 Å². The molecule has 0 aliphatic carbocycles. The largest absolute Gasteiger partial charge is 1.00 e. The minimum atomic E-state index is -4.96. The fourth-order valence-corrected chi connectivity index (χ4v) is 3.76. The predicted molar refractivity (Wildman–Crippen MR) is 101 cm³/mol. The van der Waals surface area contributed by atoms with Crippen LogP contribution in [0, 0.1) is 0 Å².